The molecule has 0 unspecified atom stereocenters. The first kappa shape index (κ1) is 9.10. The average molecular weight is 69.0 g/mol. The summed E-state index contributed by atoms with van der Waals surface area (Å²) in [5.41, 5.74) is 4.78. The molecule has 3 N–H and O–H groups in total. The Bertz CT molecular complexity index is 15.5. The number of hydrogen-bond donors (Lipinski definition) is 2. The van der Waals surface area contributed by atoms with E-state index < -0.39 is 0 Å². The second-order valence-electron chi connectivity index (χ2n) is 0.512. The van der Waals surface area contributed by atoms with Crippen LogP contribution in [0, 0.1) is 0 Å². The van der Waals surface area contributed by atoms with E-state index >= 15 is 0 Å². The molecule has 0 saturated heterocycles. The number of nitrogens with two attached hydrogens (primary N) is 1. The van der Waals surface area contributed by atoms with Gasteiger partial charge in [-0.15, -0.1) is 0 Å². The van der Waals surface area contributed by atoms with Gasteiger partial charge in [0, 0.05) is 6.54 Å². The van der Waals surface area contributed by atoms with Crippen LogP contribution in [0.5, 0.6) is 0 Å². The molecular formula is C2H8LiNO. The Morgan fingerprint density at radius 3 is 2.00 bits per heavy atom. The van der Waals surface area contributed by atoms with E-state index in [0.717, 1.165) is 0 Å². The smallest absolute Gasteiger partial charge is 1.00 e. The average Bonchev–Trinajstić information content (AvgIpc) is 1.37. The molecule has 0 spiro atoms. The van der Waals surface area contributed by atoms with Crippen LogP contribution >= 0.6 is 0 Å². The first-order chi connectivity index (χ1) is 1.91. The van der Waals surface area contributed by atoms with E-state index in [1.807, 2.05) is 0 Å². The minimum absolute atomic E-state index is 0. The van der Waals surface area contributed by atoms with Crippen molar-refractivity contribution in [2.75, 3.05) is 13.2 Å². The van der Waals surface area contributed by atoms with Crippen LogP contribution in [0.2, 0.25) is 0 Å². The van der Waals surface area contributed by atoms with Gasteiger partial charge in [0.1, 0.15) is 0 Å². The zero-order chi connectivity index (χ0) is 3.41. The van der Waals surface area contributed by atoms with Crippen molar-refractivity contribution in [3.05, 3.63) is 0 Å². The van der Waals surface area contributed by atoms with Crippen LogP contribution in [0.3, 0.4) is 0 Å². The largest absolute Gasteiger partial charge is 1.00 e. The summed E-state index contributed by atoms with van der Waals surface area (Å²) in [6, 6.07) is 0. The van der Waals surface area contributed by atoms with Crippen LogP contribution < -0.4 is 24.6 Å². The molecule has 0 aromatic heterocycles. The molecule has 0 atom stereocenters. The maximum atomic E-state index is 7.75. The van der Waals surface area contributed by atoms with Gasteiger partial charge in [0.25, 0.3) is 0 Å². The number of rotatable bonds is 1. The molecule has 0 aromatic rings. The fourth-order valence-corrected chi connectivity index (χ4v) is 0. The molecule has 28 valence electrons. The van der Waals surface area contributed by atoms with Crippen LogP contribution in [-0.4, -0.2) is 18.3 Å². The molecule has 0 aliphatic rings. The molecule has 5 heavy (non-hydrogen) atoms. The quantitative estimate of drug-likeness (QED) is 0.309. The summed E-state index contributed by atoms with van der Waals surface area (Å²) in [5.74, 6) is 0. The maximum Gasteiger partial charge on any atom is 1.00 e. The molecule has 3 heteroatoms. The molecule has 0 aliphatic heterocycles. The van der Waals surface area contributed by atoms with E-state index in [-0.39, 0.29) is 26.9 Å². The zero-order valence-electron chi connectivity index (χ0n) is 4.44. The van der Waals surface area contributed by atoms with Gasteiger partial charge in [-0.1, -0.05) is 0 Å². The second-order valence-corrected chi connectivity index (χ2v) is 0.512. The standard InChI is InChI=1S/C2H7NO.Li.H/c3-1-2-4;;/h4H,1-3H2;;/q;+1;-1. The zero-order valence-corrected chi connectivity index (χ0v) is 3.44. The van der Waals surface area contributed by atoms with Crippen molar-refractivity contribution in [3.63, 3.8) is 0 Å². The van der Waals surface area contributed by atoms with Crippen LogP contribution in [0.1, 0.15) is 1.43 Å². The summed E-state index contributed by atoms with van der Waals surface area (Å²) in [7, 11) is 0. The van der Waals surface area contributed by atoms with E-state index in [2.05, 4.69) is 0 Å². The third kappa shape index (κ3) is 12.4. The second kappa shape index (κ2) is 8.82. The van der Waals surface area contributed by atoms with Gasteiger partial charge in [0.2, 0.25) is 0 Å². The van der Waals surface area contributed by atoms with Crippen molar-refractivity contribution >= 4 is 0 Å². The molecule has 0 saturated carbocycles. The van der Waals surface area contributed by atoms with Crippen molar-refractivity contribution in [1.29, 1.82) is 0 Å². The Balaban J connectivity index is -0.0000000450. The number of aliphatic hydroxyl groups excluding tert-OH is 1. The van der Waals surface area contributed by atoms with E-state index in [1.54, 1.807) is 0 Å². The van der Waals surface area contributed by atoms with Crippen molar-refractivity contribution in [2.45, 2.75) is 0 Å². The fourth-order valence-electron chi connectivity index (χ4n) is 0. The van der Waals surface area contributed by atoms with Gasteiger partial charge in [0.15, 0.2) is 0 Å². The van der Waals surface area contributed by atoms with Gasteiger partial charge in [0.05, 0.1) is 6.61 Å². The summed E-state index contributed by atoms with van der Waals surface area (Å²) in [6.45, 7) is 0.472. The van der Waals surface area contributed by atoms with Crippen LogP contribution in [0.4, 0.5) is 0 Å². The van der Waals surface area contributed by atoms with Gasteiger partial charge in [-0.25, -0.2) is 0 Å². The Hall–Kier alpha value is 0.517. The molecule has 0 aliphatic carbocycles. The Morgan fingerprint density at radius 2 is 2.00 bits per heavy atom. The van der Waals surface area contributed by atoms with Crippen molar-refractivity contribution in [3.8, 4) is 0 Å². The molecule has 0 aromatic carbocycles. The van der Waals surface area contributed by atoms with Gasteiger partial charge in [-0.05, 0) is 0 Å². The van der Waals surface area contributed by atoms with Crippen LogP contribution in [0.25, 0.3) is 0 Å². The monoisotopic (exact) mass is 69.1 g/mol. The van der Waals surface area contributed by atoms with Crippen molar-refractivity contribution in [1.82, 2.24) is 0 Å². The van der Waals surface area contributed by atoms with Gasteiger partial charge >= 0.3 is 18.9 Å². The Kier molecular flexibility index (Phi) is 16.1. The van der Waals surface area contributed by atoms with Crippen LogP contribution in [-0.2, 0) is 0 Å². The first-order valence-corrected chi connectivity index (χ1v) is 1.22. The molecule has 0 rings (SSSR count). The van der Waals surface area contributed by atoms with Crippen LogP contribution in [0.15, 0.2) is 0 Å². The van der Waals surface area contributed by atoms with Crippen molar-refractivity contribution < 1.29 is 25.4 Å². The molecule has 0 bridgehead atoms. The van der Waals surface area contributed by atoms with Gasteiger partial charge in [-0.3, -0.25) is 0 Å². The normalized spacial score (nSPS) is 6.00. The van der Waals surface area contributed by atoms with E-state index in [9.17, 15) is 0 Å². The molecule has 0 amide bonds. The predicted molar refractivity (Wildman–Crippen MR) is 17.3 cm³/mol. The number of aliphatic hydroxyl groups is 1. The molecular weight excluding hydrogens is 61.0 g/mol. The van der Waals surface area contributed by atoms with E-state index in [1.165, 1.54) is 0 Å². The van der Waals surface area contributed by atoms with Gasteiger partial charge < -0.3 is 12.3 Å². The predicted octanol–water partition coefficient (Wildman–Crippen LogP) is -3.95. The molecule has 2 nitrogen and oxygen atoms in total. The van der Waals surface area contributed by atoms with Gasteiger partial charge in [-0.2, -0.15) is 0 Å². The Labute approximate surface area is 45.0 Å². The summed E-state index contributed by atoms with van der Waals surface area (Å²) in [4.78, 5) is 0. The topological polar surface area (TPSA) is 46.2 Å². The summed E-state index contributed by atoms with van der Waals surface area (Å²) >= 11 is 0. The fraction of sp³-hybridized carbons (Fsp3) is 1.00. The number of hydrogen-bond acceptors (Lipinski definition) is 2. The maximum absolute atomic E-state index is 7.75. The summed E-state index contributed by atoms with van der Waals surface area (Å²) in [5, 5.41) is 7.75. The molecule has 0 radical (unpaired) electrons. The third-order valence-corrected chi connectivity index (χ3v) is 0.129. The van der Waals surface area contributed by atoms with E-state index in [0.29, 0.717) is 6.54 Å². The Morgan fingerprint density at radius 1 is 1.80 bits per heavy atom. The minimum atomic E-state index is 0. The summed E-state index contributed by atoms with van der Waals surface area (Å²) in [6.07, 6.45) is 0. The molecule has 0 heterocycles. The van der Waals surface area contributed by atoms with Crippen molar-refractivity contribution in [2.24, 2.45) is 5.73 Å². The minimum Gasteiger partial charge on any atom is -1.00 e. The molecule has 0 fully saturated rings. The van der Waals surface area contributed by atoms with E-state index in [4.69, 9.17) is 10.8 Å². The third-order valence-electron chi connectivity index (χ3n) is 0.129. The first-order valence-electron chi connectivity index (χ1n) is 1.22. The summed E-state index contributed by atoms with van der Waals surface area (Å²) < 4.78 is 0. The SMILES string of the molecule is NCCO.[H-].[Li+].